The number of urea groups is 1. The molecule has 0 aromatic heterocycles. The molecule has 29 heavy (non-hydrogen) atoms. The summed E-state index contributed by atoms with van der Waals surface area (Å²) in [6.07, 6.45) is 1.44. The van der Waals surface area contributed by atoms with Crippen molar-refractivity contribution < 1.29 is 13.2 Å². The zero-order chi connectivity index (χ0) is 21.4. The van der Waals surface area contributed by atoms with Crippen LogP contribution in [0.15, 0.2) is 34.2 Å². The number of benzene rings is 1. The predicted octanol–water partition coefficient (Wildman–Crippen LogP) is 3.38. The molecule has 0 atom stereocenters. The van der Waals surface area contributed by atoms with E-state index in [1.54, 1.807) is 31.2 Å². The smallest absolute Gasteiger partial charge is 0.315 e. The van der Waals surface area contributed by atoms with Gasteiger partial charge < -0.3 is 15.5 Å². The summed E-state index contributed by atoms with van der Waals surface area (Å²) in [6, 6.07) is 6.66. The largest absolute Gasteiger partial charge is 0.356 e. The molecule has 3 rings (SSSR count). The van der Waals surface area contributed by atoms with Crippen molar-refractivity contribution in [1.82, 2.24) is 15.5 Å². The minimum Gasteiger partial charge on any atom is -0.356 e. The molecule has 2 amide bonds. The van der Waals surface area contributed by atoms with E-state index in [0.717, 1.165) is 12.8 Å². The summed E-state index contributed by atoms with van der Waals surface area (Å²) in [5.41, 5.74) is 0.879. The fourth-order valence-corrected chi connectivity index (χ4v) is 5.28. The molecule has 1 aromatic carbocycles. The van der Waals surface area contributed by atoms with E-state index in [2.05, 4.69) is 15.0 Å². The van der Waals surface area contributed by atoms with E-state index in [1.165, 1.54) is 0 Å². The van der Waals surface area contributed by atoms with Crippen LogP contribution in [-0.4, -0.2) is 49.9 Å². The van der Waals surface area contributed by atoms with Crippen molar-refractivity contribution in [3.05, 3.63) is 40.4 Å². The second-order valence-corrected chi connectivity index (χ2v) is 10.4. The highest BCUT2D eigenvalue weighted by molar-refractivity contribution is 8.00. The summed E-state index contributed by atoms with van der Waals surface area (Å²) in [5.74, 6) is 0.484. The molecular weight excluding hydrogens is 412 g/mol. The fourth-order valence-electron chi connectivity index (χ4n) is 3.61. The average Bonchev–Trinajstić information content (AvgIpc) is 2.83. The van der Waals surface area contributed by atoms with Gasteiger partial charge in [0.1, 0.15) is 10.7 Å². The lowest BCUT2D eigenvalue weighted by molar-refractivity contribution is 0.218. The van der Waals surface area contributed by atoms with Crippen LogP contribution in [0.1, 0.15) is 46.1 Å². The fraction of sp³-hybridized carbons (Fsp3) is 0.500. The van der Waals surface area contributed by atoms with Crippen molar-refractivity contribution in [1.29, 1.82) is 0 Å². The monoisotopic (exact) mass is 438 g/mol. The Morgan fingerprint density at radius 3 is 2.48 bits per heavy atom. The number of nitrogens with zero attached hydrogens (tertiary/aromatic N) is 2. The Balaban J connectivity index is 1.70. The van der Waals surface area contributed by atoms with Gasteiger partial charge in [0.2, 0.25) is 0 Å². The summed E-state index contributed by atoms with van der Waals surface area (Å²) in [5, 5.41) is 6.37. The number of piperidine rings is 1. The number of amides is 2. The first-order valence-corrected chi connectivity index (χ1v) is 11.4. The number of carbonyl (C=O) groups is 1. The maximum absolute atomic E-state index is 12.7. The Morgan fingerprint density at radius 2 is 1.90 bits per heavy atom. The quantitative estimate of drug-likeness (QED) is 0.740. The van der Waals surface area contributed by atoms with Gasteiger partial charge in [-0.1, -0.05) is 23.7 Å². The van der Waals surface area contributed by atoms with Gasteiger partial charge in [-0.2, -0.15) is 8.42 Å². The van der Waals surface area contributed by atoms with Crippen molar-refractivity contribution in [2.75, 3.05) is 13.1 Å². The van der Waals surface area contributed by atoms with Gasteiger partial charge in [-0.3, -0.25) is 0 Å². The van der Waals surface area contributed by atoms with Crippen molar-refractivity contribution >= 4 is 38.4 Å². The maximum atomic E-state index is 12.7. The van der Waals surface area contributed by atoms with E-state index >= 15 is 0 Å². The molecule has 1 fully saturated rings. The Kier molecular flexibility index (Phi) is 5.96. The Bertz CT molecular complexity index is 972. The molecule has 2 N–H and O–H groups in total. The van der Waals surface area contributed by atoms with Crippen molar-refractivity contribution in [3.63, 3.8) is 0 Å². The zero-order valence-corrected chi connectivity index (χ0v) is 18.7. The van der Waals surface area contributed by atoms with E-state index in [0.29, 0.717) is 35.1 Å². The topological polar surface area (TPSA) is 90.9 Å². The second kappa shape index (κ2) is 7.99. The standard InChI is InChI=1S/C20H27ClN4O3S/c1-13-17(14-6-5-7-15(21)12-14)29(27,28)24-18(13)25-10-8-16(9-11-25)22-19(26)23-20(2,3)4/h5-7,12,16H,8-11H2,1-4H3,(H2,22,23,26). The first-order chi connectivity index (χ1) is 13.5. The minimum absolute atomic E-state index is 0.0453. The molecular formula is C20H27ClN4O3S. The van der Waals surface area contributed by atoms with E-state index in [1.807, 2.05) is 25.7 Å². The van der Waals surface area contributed by atoms with Gasteiger partial charge in [-0.25, -0.2) is 4.79 Å². The van der Waals surface area contributed by atoms with Crippen LogP contribution in [-0.2, 0) is 10.0 Å². The lowest BCUT2D eigenvalue weighted by Gasteiger charge is -2.34. The summed E-state index contributed by atoms with van der Waals surface area (Å²) < 4.78 is 29.4. The molecule has 0 saturated carbocycles. The van der Waals surface area contributed by atoms with Crippen molar-refractivity contribution in [2.24, 2.45) is 4.40 Å². The highest BCUT2D eigenvalue weighted by Crippen LogP contribution is 2.35. The van der Waals surface area contributed by atoms with E-state index in [-0.39, 0.29) is 22.5 Å². The Labute approximate surface area is 177 Å². The zero-order valence-electron chi connectivity index (χ0n) is 17.1. The number of rotatable bonds is 2. The number of sulfonamides is 1. The van der Waals surface area contributed by atoms with Gasteiger partial charge in [0, 0.05) is 35.3 Å². The molecule has 0 aliphatic carbocycles. The van der Waals surface area contributed by atoms with Gasteiger partial charge in [0.25, 0.3) is 10.0 Å². The van der Waals surface area contributed by atoms with Crippen LogP contribution in [0.5, 0.6) is 0 Å². The highest BCUT2D eigenvalue weighted by atomic mass is 35.5. The van der Waals surface area contributed by atoms with Crippen LogP contribution >= 0.6 is 11.6 Å². The first-order valence-electron chi connectivity index (χ1n) is 9.62. The van der Waals surface area contributed by atoms with Crippen LogP contribution in [0.25, 0.3) is 4.91 Å². The van der Waals surface area contributed by atoms with E-state index in [9.17, 15) is 13.2 Å². The lowest BCUT2D eigenvalue weighted by Crippen LogP contribution is -2.52. The van der Waals surface area contributed by atoms with Crippen LogP contribution in [0.4, 0.5) is 4.79 Å². The molecule has 2 heterocycles. The molecule has 0 bridgehead atoms. The SMILES string of the molecule is CC1=C(c2cccc(Cl)c2)S(=O)(=O)N=C1N1CCC(NC(=O)NC(C)(C)C)CC1. The maximum Gasteiger partial charge on any atom is 0.315 e. The number of hydrogen-bond acceptors (Lipinski definition) is 4. The lowest BCUT2D eigenvalue weighted by atomic mass is 10.0. The third kappa shape index (κ3) is 5.11. The molecule has 0 spiro atoms. The number of hydrogen-bond donors (Lipinski definition) is 2. The normalized spacial score (nSPS) is 19.9. The van der Waals surface area contributed by atoms with Gasteiger partial charge in [0.15, 0.2) is 0 Å². The third-order valence-electron chi connectivity index (χ3n) is 4.85. The molecule has 7 nitrogen and oxygen atoms in total. The van der Waals surface area contributed by atoms with Crippen LogP contribution in [0.3, 0.4) is 0 Å². The van der Waals surface area contributed by atoms with Crippen molar-refractivity contribution in [3.8, 4) is 0 Å². The van der Waals surface area contributed by atoms with Gasteiger partial charge in [0.05, 0.1) is 0 Å². The van der Waals surface area contributed by atoms with Gasteiger partial charge in [-0.15, -0.1) is 4.40 Å². The highest BCUT2D eigenvalue weighted by Gasteiger charge is 2.35. The molecule has 2 aliphatic rings. The second-order valence-electron chi connectivity index (χ2n) is 8.46. The molecule has 2 aliphatic heterocycles. The van der Waals surface area contributed by atoms with Crippen molar-refractivity contribution in [2.45, 2.75) is 52.1 Å². The van der Waals surface area contributed by atoms with Crippen LogP contribution in [0, 0.1) is 0 Å². The number of amidine groups is 1. The van der Waals surface area contributed by atoms with E-state index < -0.39 is 10.0 Å². The molecule has 158 valence electrons. The molecule has 1 saturated heterocycles. The summed E-state index contributed by atoms with van der Waals surface area (Å²) in [7, 11) is -3.77. The number of likely N-dealkylation sites (tertiary alicyclic amines) is 1. The molecule has 1 aromatic rings. The summed E-state index contributed by atoms with van der Waals surface area (Å²) in [6.45, 7) is 8.81. The average molecular weight is 439 g/mol. The Hall–Kier alpha value is -2.06. The number of halogens is 1. The van der Waals surface area contributed by atoms with E-state index in [4.69, 9.17) is 11.6 Å². The van der Waals surface area contributed by atoms with Gasteiger partial charge >= 0.3 is 6.03 Å². The number of carbonyl (C=O) groups excluding carboxylic acids is 1. The molecule has 0 radical (unpaired) electrons. The van der Waals surface area contributed by atoms with Crippen LogP contribution < -0.4 is 10.6 Å². The summed E-state index contributed by atoms with van der Waals surface area (Å²) in [4.78, 5) is 14.3. The first kappa shape index (κ1) is 21.6. The molecule has 9 heteroatoms. The number of nitrogens with one attached hydrogen (secondary N) is 2. The van der Waals surface area contributed by atoms with Gasteiger partial charge in [-0.05, 0) is 58.2 Å². The molecule has 0 unspecified atom stereocenters. The summed E-state index contributed by atoms with van der Waals surface area (Å²) >= 11 is 6.04. The Morgan fingerprint density at radius 1 is 1.24 bits per heavy atom. The third-order valence-corrected chi connectivity index (χ3v) is 6.55. The minimum atomic E-state index is -3.77. The predicted molar refractivity (Wildman–Crippen MR) is 116 cm³/mol. The van der Waals surface area contributed by atoms with Crippen LogP contribution in [0.2, 0.25) is 5.02 Å².